The average molecular weight is 578 g/mol. The van der Waals surface area contributed by atoms with Gasteiger partial charge in [-0.2, -0.15) is 18.4 Å². The summed E-state index contributed by atoms with van der Waals surface area (Å²) in [6.07, 6.45) is -2.06. The SMILES string of the molecule is CC1(C)CCN(S(=O)(=O)c2cc(-c3cnc(C(F)(F)F)cc3C#N)c(Cl)cc2CCCCO)c2ccccc21. The molecule has 3 aromatic rings. The van der Waals surface area contributed by atoms with E-state index in [1.54, 1.807) is 18.2 Å². The van der Waals surface area contributed by atoms with Gasteiger partial charge in [0.2, 0.25) is 0 Å². The fraction of sp³-hybridized carbons (Fsp3) is 0.357. The predicted octanol–water partition coefficient (Wildman–Crippen LogP) is 6.48. The molecule has 0 saturated heterocycles. The Bertz CT molecular complexity index is 1550. The van der Waals surface area contributed by atoms with E-state index in [1.165, 1.54) is 16.4 Å². The van der Waals surface area contributed by atoms with Crippen LogP contribution in [-0.4, -0.2) is 31.7 Å². The van der Waals surface area contributed by atoms with Gasteiger partial charge in [-0.25, -0.2) is 8.42 Å². The number of aryl methyl sites for hydroxylation is 1. The average Bonchev–Trinajstić information content (AvgIpc) is 2.88. The Kier molecular flexibility index (Phi) is 7.99. The highest BCUT2D eigenvalue weighted by atomic mass is 35.5. The van der Waals surface area contributed by atoms with Gasteiger partial charge >= 0.3 is 6.18 Å². The van der Waals surface area contributed by atoms with Crippen molar-refractivity contribution in [3.05, 3.63) is 76.1 Å². The molecule has 39 heavy (non-hydrogen) atoms. The highest BCUT2D eigenvalue weighted by Crippen LogP contribution is 2.43. The maximum absolute atomic E-state index is 14.3. The molecule has 2 heterocycles. The fourth-order valence-electron chi connectivity index (χ4n) is 4.85. The molecule has 2 aromatic carbocycles. The summed E-state index contributed by atoms with van der Waals surface area (Å²) < 4.78 is 69.5. The molecule has 11 heteroatoms. The van der Waals surface area contributed by atoms with Crippen LogP contribution in [0.15, 0.2) is 53.6 Å². The number of rotatable bonds is 7. The molecule has 0 atom stereocenters. The highest BCUT2D eigenvalue weighted by Gasteiger charge is 2.38. The van der Waals surface area contributed by atoms with E-state index in [0.29, 0.717) is 43.0 Å². The Morgan fingerprint density at radius 2 is 1.87 bits per heavy atom. The number of sulfonamides is 1. The number of benzene rings is 2. The first-order valence-electron chi connectivity index (χ1n) is 12.3. The van der Waals surface area contributed by atoms with Crippen LogP contribution in [0.4, 0.5) is 18.9 Å². The van der Waals surface area contributed by atoms with Crippen LogP contribution in [0.25, 0.3) is 11.1 Å². The van der Waals surface area contributed by atoms with Crippen molar-refractivity contribution in [1.29, 1.82) is 5.26 Å². The van der Waals surface area contributed by atoms with Crippen molar-refractivity contribution < 1.29 is 26.7 Å². The topological polar surface area (TPSA) is 94.3 Å². The first-order chi connectivity index (χ1) is 18.3. The second-order valence-corrected chi connectivity index (χ2v) is 12.3. The molecule has 0 unspecified atom stereocenters. The van der Waals surface area contributed by atoms with E-state index in [1.807, 2.05) is 12.1 Å². The van der Waals surface area contributed by atoms with Crippen molar-refractivity contribution in [3.63, 3.8) is 0 Å². The lowest BCUT2D eigenvalue weighted by Crippen LogP contribution is -2.41. The molecular weight excluding hydrogens is 551 g/mol. The van der Waals surface area contributed by atoms with Gasteiger partial charge in [0.25, 0.3) is 10.0 Å². The summed E-state index contributed by atoms with van der Waals surface area (Å²) in [5.41, 5.74) is 0.123. The van der Waals surface area contributed by atoms with Crippen LogP contribution in [0, 0.1) is 11.3 Å². The lowest BCUT2D eigenvalue weighted by molar-refractivity contribution is -0.141. The summed E-state index contributed by atoms with van der Waals surface area (Å²) in [6.45, 7) is 4.27. The van der Waals surface area contributed by atoms with Crippen LogP contribution in [0.3, 0.4) is 0 Å². The number of aliphatic hydroxyl groups excluding tert-OH is 1. The maximum atomic E-state index is 14.3. The van der Waals surface area contributed by atoms with E-state index in [9.17, 15) is 32.0 Å². The van der Waals surface area contributed by atoms with E-state index in [0.717, 1.165) is 11.8 Å². The quantitative estimate of drug-likeness (QED) is 0.324. The monoisotopic (exact) mass is 577 g/mol. The van der Waals surface area contributed by atoms with E-state index >= 15 is 0 Å². The summed E-state index contributed by atoms with van der Waals surface area (Å²) in [5.74, 6) is 0. The molecule has 4 rings (SSSR count). The standard InChI is InChI=1S/C28H27ClF3N3O3S/c1-27(2)10-11-35(24-9-4-3-8-22(24)27)39(37,38)25-15-20(23(29)13-18(25)7-5-6-12-36)21-17-34-26(28(30,31)32)14-19(21)16-33/h3-4,8-9,13-15,17,36H,5-7,10-12H2,1-2H3. The summed E-state index contributed by atoms with van der Waals surface area (Å²) in [7, 11) is -4.16. The highest BCUT2D eigenvalue weighted by molar-refractivity contribution is 7.93. The number of hydrogen-bond donors (Lipinski definition) is 1. The van der Waals surface area contributed by atoms with E-state index in [2.05, 4.69) is 18.8 Å². The lowest BCUT2D eigenvalue weighted by atomic mass is 9.78. The smallest absolute Gasteiger partial charge is 0.396 e. The Labute approximate surface area is 230 Å². The van der Waals surface area contributed by atoms with Gasteiger partial charge in [0.15, 0.2) is 0 Å². The van der Waals surface area contributed by atoms with Crippen LogP contribution in [0.2, 0.25) is 5.02 Å². The molecule has 206 valence electrons. The van der Waals surface area contributed by atoms with Crippen LogP contribution in [-0.2, 0) is 28.0 Å². The van der Waals surface area contributed by atoms with E-state index in [-0.39, 0.29) is 45.2 Å². The summed E-state index contributed by atoms with van der Waals surface area (Å²) in [6, 6.07) is 12.4. The minimum absolute atomic E-state index is 0.00552. The predicted molar refractivity (Wildman–Crippen MR) is 143 cm³/mol. The number of pyridine rings is 1. The van der Waals surface area contributed by atoms with E-state index < -0.39 is 21.9 Å². The van der Waals surface area contributed by atoms with Gasteiger partial charge < -0.3 is 5.11 Å². The number of fused-ring (bicyclic) bond motifs is 1. The molecule has 0 radical (unpaired) electrons. The number of nitrogens with zero attached hydrogens (tertiary/aromatic N) is 3. The lowest BCUT2D eigenvalue weighted by Gasteiger charge is -2.39. The molecule has 0 fully saturated rings. The zero-order chi connectivity index (χ0) is 28.6. The minimum atomic E-state index is -4.76. The Morgan fingerprint density at radius 1 is 1.15 bits per heavy atom. The third-order valence-electron chi connectivity index (χ3n) is 7.02. The summed E-state index contributed by atoms with van der Waals surface area (Å²) in [5, 5.41) is 18.9. The van der Waals surface area contributed by atoms with Gasteiger partial charge in [-0.1, -0.05) is 43.6 Å². The third kappa shape index (κ3) is 5.62. The van der Waals surface area contributed by atoms with Crippen molar-refractivity contribution in [2.24, 2.45) is 0 Å². The molecule has 1 aromatic heterocycles. The van der Waals surface area contributed by atoms with Crippen molar-refractivity contribution in [2.75, 3.05) is 17.5 Å². The molecule has 1 N–H and O–H groups in total. The van der Waals surface area contributed by atoms with Gasteiger partial charge in [-0.15, -0.1) is 0 Å². The molecular formula is C28H27ClF3N3O3S. The van der Waals surface area contributed by atoms with Crippen molar-refractivity contribution in [3.8, 4) is 17.2 Å². The number of hydrogen-bond acceptors (Lipinski definition) is 5. The van der Waals surface area contributed by atoms with Gasteiger partial charge in [0, 0.05) is 35.5 Å². The van der Waals surface area contributed by atoms with Crippen LogP contribution < -0.4 is 4.31 Å². The van der Waals surface area contributed by atoms with Gasteiger partial charge in [0.1, 0.15) is 5.69 Å². The largest absolute Gasteiger partial charge is 0.433 e. The number of aliphatic hydroxyl groups is 1. The molecule has 0 aliphatic carbocycles. The second-order valence-electron chi connectivity index (χ2n) is 10.1. The Hall–Kier alpha value is -3.13. The number of unbranched alkanes of at least 4 members (excludes halogenated alkanes) is 1. The number of halogens is 4. The molecule has 0 amide bonds. The Balaban J connectivity index is 1.91. The number of alkyl halides is 3. The van der Waals surface area contributed by atoms with Crippen LogP contribution >= 0.6 is 11.6 Å². The van der Waals surface area contributed by atoms with Crippen molar-refractivity contribution in [1.82, 2.24) is 4.98 Å². The molecule has 1 aliphatic heterocycles. The van der Waals surface area contributed by atoms with E-state index in [4.69, 9.17) is 11.6 Å². The normalized spacial score (nSPS) is 15.1. The first kappa shape index (κ1) is 28.9. The first-order valence-corrected chi connectivity index (χ1v) is 14.2. The summed E-state index contributed by atoms with van der Waals surface area (Å²) >= 11 is 6.54. The number of anilines is 1. The van der Waals surface area contributed by atoms with Gasteiger partial charge in [-0.05, 0) is 66.5 Å². The Morgan fingerprint density at radius 3 is 2.54 bits per heavy atom. The molecule has 6 nitrogen and oxygen atoms in total. The van der Waals surface area contributed by atoms with Crippen molar-refractivity contribution in [2.45, 2.75) is 56.0 Å². The number of nitriles is 1. The minimum Gasteiger partial charge on any atom is -0.396 e. The van der Waals surface area contributed by atoms with Crippen LogP contribution in [0.5, 0.6) is 0 Å². The van der Waals surface area contributed by atoms with Crippen LogP contribution in [0.1, 0.15) is 55.5 Å². The molecule has 0 spiro atoms. The third-order valence-corrected chi connectivity index (χ3v) is 9.23. The van der Waals surface area contributed by atoms with Crippen molar-refractivity contribution >= 4 is 27.3 Å². The number of aromatic nitrogens is 1. The van der Waals surface area contributed by atoms with Gasteiger partial charge in [0.05, 0.1) is 22.2 Å². The zero-order valence-corrected chi connectivity index (χ0v) is 23.0. The zero-order valence-electron chi connectivity index (χ0n) is 21.4. The molecule has 0 saturated carbocycles. The molecule has 1 aliphatic rings. The maximum Gasteiger partial charge on any atom is 0.433 e. The molecule has 0 bridgehead atoms. The second kappa shape index (κ2) is 10.8. The summed E-state index contributed by atoms with van der Waals surface area (Å²) in [4.78, 5) is 3.41. The van der Waals surface area contributed by atoms with Gasteiger partial charge in [-0.3, -0.25) is 9.29 Å². The number of para-hydroxylation sites is 1. The fourth-order valence-corrected chi connectivity index (χ4v) is 6.88.